The molecular formula is C21H31N5O4. The van der Waals surface area contributed by atoms with Crippen molar-refractivity contribution in [2.24, 2.45) is 0 Å². The highest BCUT2D eigenvalue weighted by atomic mass is 16.6. The number of hydrogen-bond donors (Lipinski definition) is 1. The third-order valence-corrected chi connectivity index (χ3v) is 5.08. The zero-order valence-electron chi connectivity index (χ0n) is 18.3. The highest BCUT2D eigenvalue weighted by Gasteiger charge is 2.28. The van der Waals surface area contributed by atoms with Crippen LogP contribution in [0.15, 0.2) is 18.3 Å². The predicted molar refractivity (Wildman–Crippen MR) is 116 cm³/mol. The monoisotopic (exact) mass is 417 g/mol. The van der Waals surface area contributed by atoms with E-state index in [2.05, 4.69) is 10.4 Å². The van der Waals surface area contributed by atoms with Gasteiger partial charge in [-0.3, -0.25) is 14.8 Å². The van der Waals surface area contributed by atoms with Crippen LogP contribution in [0.1, 0.15) is 59.9 Å². The zero-order chi connectivity index (χ0) is 22.1. The van der Waals surface area contributed by atoms with Crippen LogP contribution >= 0.6 is 0 Å². The molecule has 1 aromatic carbocycles. The first-order chi connectivity index (χ1) is 14.0. The fourth-order valence-corrected chi connectivity index (χ4v) is 3.73. The molecule has 9 heteroatoms. The Morgan fingerprint density at radius 2 is 2.07 bits per heavy atom. The third-order valence-electron chi connectivity index (χ3n) is 5.08. The molecule has 0 spiro atoms. The minimum absolute atomic E-state index is 0.0120. The molecule has 1 amide bonds. The predicted octanol–water partition coefficient (Wildman–Crippen LogP) is 4.73. The van der Waals surface area contributed by atoms with E-state index in [0.29, 0.717) is 18.8 Å². The number of likely N-dealkylation sites (tertiary alicyclic amines) is 1. The first kappa shape index (κ1) is 21.9. The highest BCUT2D eigenvalue weighted by Crippen LogP contribution is 2.32. The van der Waals surface area contributed by atoms with Crippen molar-refractivity contribution in [1.82, 2.24) is 14.7 Å². The van der Waals surface area contributed by atoms with Crippen LogP contribution in [-0.2, 0) is 4.74 Å². The summed E-state index contributed by atoms with van der Waals surface area (Å²) in [5, 5.41) is 20.3. The van der Waals surface area contributed by atoms with Crippen LogP contribution in [0.3, 0.4) is 0 Å². The van der Waals surface area contributed by atoms with Crippen molar-refractivity contribution < 1.29 is 14.5 Å². The highest BCUT2D eigenvalue weighted by molar-refractivity contribution is 5.87. The van der Waals surface area contributed by atoms with E-state index in [0.717, 1.165) is 30.2 Å². The second kappa shape index (κ2) is 8.49. The number of benzene rings is 1. The zero-order valence-corrected chi connectivity index (χ0v) is 18.3. The minimum atomic E-state index is -0.563. The van der Waals surface area contributed by atoms with Gasteiger partial charge in [0.05, 0.1) is 16.6 Å². The Balaban J connectivity index is 1.85. The number of amides is 1. The van der Waals surface area contributed by atoms with Gasteiger partial charge in [0.1, 0.15) is 11.3 Å². The summed E-state index contributed by atoms with van der Waals surface area (Å²) in [6.45, 7) is 10.6. The number of rotatable bonds is 4. The van der Waals surface area contributed by atoms with Gasteiger partial charge in [0.25, 0.3) is 5.69 Å². The maximum atomic E-state index is 12.5. The van der Waals surface area contributed by atoms with E-state index < -0.39 is 5.60 Å². The van der Waals surface area contributed by atoms with Gasteiger partial charge in [0, 0.05) is 36.6 Å². The molecule has 1 aromatic heterocycles. The fraction of sp³-hybridized carbons (Fsp3) is 0.619. The lowest BCUT2D eigenvalue weighted by molar-refractivity contribution is -0.383. The Kier molecular flexibility index (Phi) is 6.19. The quantitative estimate of drug-likeness (QED) is 0.570. The van der Waals surface area contributed by atoms with E-state index in [9.17, 15) is 14.9 Å². The smallest absolute Gasteiger partial charge is 0.410 e. The summed E-state index contributed by atoms with van der Waals surface area (Å²) >= 11 is 0. The van der Waals surface area contributed by atoms with Gasteiger partial charge in [-0.05, 0) is 59.9 Å². The number of aromatic nitrogens is 2. The molecule has 1 fully saturated rings. The number of ether oxygens (including phenoxy) is 1. The van der Waals surface area contributed by atoms with Crippen LogP contribution in [0.5, 0.6) is 0 Å². The lowest BCUT2D eigenvalue weighted by Crippen LogP contribution is -2.42. The fourth-order valence-electron chi connectivity index (χ4n) is 3.73. The molecule has 0 aliphatic carbocycles. The number of nitrogens with zero attached hydrogens (tertiary/aromatic N) is 4. The van der Waals surface area contributed by atoms with Crippen LogP contribution in [0.25, 0.3) is 10.9 Å². The summed E-state index contributed by atoms with van der Waals surface area (Å²) in [5.74, 6) is 0. The third kappa shape index (κ3) is 5.01. The molecule has 2 aromatic rings. The molecule has 9 nitrogen and oxygen atoms in total. The Morgan fingerprint density at radius 1 is 1.33 bits per heavy atom. The molecule has 1 saturated heterocycles. The molecule has 0 unspecified atom stereocenters. The van der Waals surface area contributed by atoms with Crippen molar-refractivity contribution >= 4 is 28.4 Å². The number of nitro benzene ring substituents is 1. The van der Waals surface area contributed by atoms with Gasteiger partial charge in [-0.15, -0.1) is 0 Å². The molecular weight excluding hydrogens is 386 g/mol. The van der Waals surface area contributed by atoms with E-state index >= 15 is 0 Å². The first-order valence-electron chi connectivity index (χ1n) is 10.5. The minimum Gasteiger partial charge on any atom is -0.444 e. The van der Waals surface area contributed by atoms with Gasteiger partial charge in [-0.1, -0.05) is 0 Å². The van der Waals surface area contributed by atoms with Crippen molar-refractivity contribution in [1.29, 1.82) is 0 Å². The van der Waals surface area contributed by atoms with Crippen LogP contribution in [0.2, 0.25) is 0 Å². The summed E-state index contributed by atoms with van der Waals surface area (Å²) < 4.78 is 7.30. The second-order valence-electron chi connectivity index (χ2n) is 9.13. The SMILES string of the molecule is CC(C)n1ncc2cc(N[C@@H]3CCCCN(C(=O)OC(C)(C)C)C3)c([N+](=O)[O-])cc21. The molecule has 2 heterocycles. The average Bonchev–Trinajstić information content (AvgIpc) is 2.89. The number of carbonyl (C=O) groups excluding carboxylic acids is 1. The largest absolute Gasteiger partial charge is 0.444 e. The van der Waals surface area contributed by atoms with Crippen molar-refractivity contribution in [2.45, 2.75) is 71.6 Å². The molecule has 164 valence electrons. The maximum absolute atomic E-state index is 12.5. The Morgan fingerprint density at radius 3 is 2.70 bits per heavy atom. The molecule has 0 radical (unpaired) electrons. The molecule has 0 saturated carbocycles. The van der Waals surface area contributed by atoms with E-state index in [-0.39, 0.29) is 28.8 Å². The normalized spacial score (nSPS) is 17.8. The standard InChI is InChI=1S/C21H31N5O4/c1-14(2)25-18-11-19(26(28)29)17(10-15(18)12-22-25)23-16-8-6-7-9-24(13-16)20(27)30-21(3,4)5/h10-12,14,16,23H,6-9,13H2,1-5H3/t16-/m1/s1. The van der Waals surface area contributed by atoms with Gasteiger partial charge in [-0.25, -0.2) is 4.79 Å². The van der Waals surface area contributed by atoms with Crippen LogP contribution < -0.4 is 5.32 Å². The number of hydrogen-bond acceptors (Lipinski definition) is 6. The topological polar surface area (TPSA) is 103 Å². The number of carbonyl (C=O) groups is 1. The van der Waals surface area contributed by atoms with Crippen molar-refractivity contribution in [3.05, 3.63) is 28.4 Å². The van der Waals surface area contributed by atoms with Crippen molar-refractivity contribution in [2.75, 3.05) is 18.4 Å². The lowest BCUT2D eigenvalue weighted by atomic mass is 10.1. The van der Waals surface area contributed by atoms with Crippen LogP contribution in [-0.4, -0.2) is 50.4 Å². The Hall–Kier alpha value is -2.84. The molecule has 1 N–H and O–H groups in total. The van der Waals surface area contributed by atoms with Crippen molar-refractivity contribution in [3.63, 3.8) is 0 Å². The van der Waals surface area contributed by atoms with E-state index in [1.807, 2.05) is 34.6 Å². The molecule has 0 bridgehead atoms. The van der Waals surface area contributed by atoms with Crippen LogP contribution in [0.4, 0.5) is 16.2 Å². The summed E-state index contributed by atoms with van der Waals surface area (Å²) in [6, 6.07) is 3.36. The molecule has 30 heavy (non-hydrogen) atoms. The molecule has 1 atom stereocenters. The number of nitrogens with one attached hydrogen (secondary N) is 1. The van der Waals surface area contributed by atoms with Gasteiger partial charge < -0.3 is 15.0 Å². The lowest BCUT2D eigenvalue weighted by Gasteiger charge is -2.29. The summed E-state index contributed by atoms with van der Waals surface area (Å²) in [4.78, 5) is 25.6. The maximum Gasteiger partial charge on any atom is 0.410 e. The van der Waals surface area contributed by atoms with Crippen molar-refractivity contribution in [3.8, 4) is 0 Å². The summed E-state index contributed by atoms with van der Waals surface area (Å²) in [6.07, 6.45) is 4.00. The number of anilines is 1. The van der Waals surface area contributed by atoms with E-state index in [1.165, 1.54) is 0 Å². The van der Waals surface area contributed by atoms with E-state index in [1.54, 1.807) is 27.9 Å². The first-order valence-corrected chi connectivity index (χ1v) is 10.5. The number of fused-ring (bicyclic) bond motifs is 1. The van der Waals surface area contributed by atoms with Crippen LogP contribution in [0, 0.1) is 10.1 Å². The Bertz CT molecular complexity index is 931. The molecule has 1 aliphatic heterocycles. The van der Waals surface area contributed by atoms with Gasteiger partial charge >= 0.3 is 6.09 Å². The summed E-state index contributed by atoms with van der Waals surface area (Å²) in [5.41, 5.74) is 0.635. The Labute approximate surface area is 176 Å². The van der Waals surface area contributed by atoms with Gasteiger partial charge in [0.2, 0.25) is 0 Å². The summed E-state index contributed by atoms with van der Waals surface area (Å²) in [7, 11) is 0. The van der Waals surface area contributed by atoms with E-state index in [4.69, 9.17) is 4.74 Å². The van der Waals surface area contributed by atoms with Gasteiger partial charge in [-0.2, -0.15) is 5.10 Å². The molecule has 3 rings (SSSR count). The second-order valence-corrected chi connectivity index (χ2v) is 9.13. The average molecular weight is 418 g/mol. The molecule has 1 aliphatic rings. The number of nitro groups is 1. The van der Waals surface area contributed by atoms with Gasteiger partial charge in [0.15, 0.2) is 0 Å².